The lowest BCUT2D eigenvalue weighted by Crippen LogP contribution is -2.70. The molecule has 95 heavy (non-hydrogen) atoms. The van der Waals surface area contributed by atoms with E-state index in [1.54, 1.807) is 0 Å². The number of rotatable bonds is 24. The van der Waals surface area contributed by atoms with Crippen LogP contribution in [0.3, 0.4) is 0 Å². The molecule has 40 atom stereocenters. The van der Waals surface area contributed by atoms with Crippen molar-refractivity contribution in [2.75, 3.05) is 52.9 Å². The molecule has 8 aliphatic heterocycles. The van der Waals surface area contributed by atoms with Crippen molar-refractivity contribution in [2.24, 2.45) is 0 Å². The maximum atomic E-state index is 12.8. The van der Waals surface area contributed by atoms with Crippen LogP contribution in [0.5, 0.6) is 0 Å². The molecule has 0 aromatic heterocycles. The molecule has 8 aliphatic rings. The van der Waals surface area contributed by atoms with Crippen LogP contribution < -0.4 is 10.6 Å². The van der Waals surface area contributed by atoms with Crippen LogP contribution in [-0.2, 0) is 80.6 Å². The SMILES string of the molecule is CC(=O)N[C@H]1[C@H](O[C@@H]2[C@@H](O[C@@H]3[C@H](O)[C@H](O[C@H]4[C@H](O)[C@@H](NC(C)=O)C(O)O[C@@H]4CO)O[C@H](CO[C@H]4O[C@H](CO[C@H]5O[C@H](CO)[C@@H](O)[C@H](O)[C@@H]5O)[C@@H](O)[C@H](O[C@H]5O[C@H](CO)[C@@H](O)[C@H](O)[C@@H]5O)[C@@H]4O)[C@H]3O)O[C@H](CO)[C@@H](O)[C@@H]2O)O[C@H](CO)[C@@H](O[C@@H]2O[C@H](CO)[C@H](O)[C@H](O)[C@H]2O)[C@@H]1O. The average molecular weight is 1400 g/mol. The van der Waals surface area contributed by atoms with Crippen LogP contribution >= 0.6 is 0 Å². The molecular weight excluding hydrogens is 1310 g/mol. The number of nitrogens with one attached hydrogen (secondary N) is 2. The third kappa shape index (κ3) is 17.0. The maximum Gasteiger partial charge on any atom is 0.217 e. The molecule has 8 rings (SSSR count). The first-order valence-corrected chi connectivity index (χ1v) is 30.1. The molecule has 8 heterocycles. The molecule has 8 saturated heterocycles. The van der Waals surface area contributed by atoms with Gasteiger partial charge in [0.2, 0.25) is 11.8 Å². The summed E-state index contributed by atoms with van der Waals surface area (Å²) in [5.74, 6) is -1.75. The van der Waals surface area contributed by atoms with Crippen LogP contribution in [0.15, 0.2) is 0 Å². The fourth-order valence-electron chi connectivity index (χ4n) is 12.1. The zero-order valence-corrected chi connectivity index (χ0v) is 50.4. The minimum atomic E-state index is -2.45. The van der Waals surface area contributed by atoms with Gasteiger partial charge in [-0.2, -0.15) is 0 Å². The van der Waals surface area contributed by atoms with E-state index in [0.717, 1.165) is 13.8 Å². The van der Waals surface area contributed by atoms with Gasteiger partial charge in [-0.3, -0.25) is 9.59 Å². The molecular formula is C52H88N2O41. The van der Waals surface area contributed by atoms with Crippen LogP contribution in [-0.4, -0.2) is 433 Å². The summed E-state index contributed by atoms with van der Waals surface area (Å²) in [6.45, 7) is -6.25. The third-order valence-corrected chi connectivity index (χ3v) is 17.4. The van der Waals surface area contributed by atoms with Crippen molar-refractivity contribution >= 4 is 11.8 Å². The average Bonchev–Trinajstić information content (AvgIpc) is 0.780. The van der Waals surface area contributed by atoms with E-state index in [0.29, 0.717) is 0 Å². The summed E-state index contributed by atoms with van der Waals surface area (Å²) in [6, 6.07) is -3.63. The Labute approximate surface area is 536 Å². The lowest BCUT2D eigenvalue weighted by Gasteiger charge is -2.50. The first-order valence-electron chi connectivity index (χ1n) is 30.1. The molecule has 43 nitrogen and oxygen atoms in total. The van der Waals surface area contributed by atoms with E-state index < -0.39 is 310 Å². The number of hydrogen-bond acceptors (Lipinski definition) is 41. The van der Waals surface area contributed by atoms with Crippen molar-refractivity contribution in [3.63, 3.8) is 0 Å². The van der Waals surface area contributed by atoms with Crippen molar-refractivity contribution < 1.29 is 203 Å². The van der Waals surface area contributed by atoms with Crippen LogP contribution in [0, 0.1) is 0 Å². The second-order valence-electron chi connectivity index (χ2n) is 23.9. The predicted molar refractivity (Wildman–Crippen MR) is 288 cm³/mol. The maximum absolute atomic E-state index is 12.8. The highest BCUT2D eigenvalue weighted by molar-refractivity contribution is 5.73. The second-order valence-corrected chi connectivity index (χ2v) is 23.9. The number of carbonyl (C=O) groups excluding carboxylic acids is 2. The summed E-state index contributed by atoms with van der Waals surface area (Å²) in [6.07, 6.45) is -77.6. The first-order chi connectivity index (χ1) is 44.9. The Bertz CT molecular complexity index is 2380. The van der Waals surface area contributed by atoms with Gasteiger partial charge in [0.25, 0.3) is 0 Å². The molecule has 0 radical (unpaired) electrons. The van der Waals surface area contributed by atoms with Gasteiger partial charge in [-0.25, -0.2) is 0 Å². The molecule has 2 amide bonds. The highest BCUT2D eigenvalue weighted by atomic mass is 16.8. The molecule has 8 fully saturated rings. The molecule has 0 saturated carbocycles. The van der Waals surface area contributed by atoms with Gasteiger partial charge in [-0.05, 0) is 0 Å². The van der Waals surface area contributed by atoms with Gasteiger partial charge in [-0.1, -0.05) is 0 Å². The zero-order chi connectivity index (χ0) is 69.9. The van der Waals surface area contributed by atoms with Crippen LogP contribution in [0.25, 0.3) is 0 Å². The summed E-state index contributed by atoms with van der Waals surface area (Å²) in [4.78, 5) is 25.0. The lowest BCUT2D eigenvalue weighted by molar-refractivity contribution is -0.397. The van der Waals surface area contributed by atoms with Crippen LogP contribution in [0.4, 0.5) is 0 Å². The Hall–Kier alpha value is -2.62. The largest absolute Gasteiger partial charge is 0.394 e. The van der Waals surface area contributed by atoms with Crippen molar-refractivity contribution in [2.45, 2.75) is 259 Å². The fraction of sp³-hybridized carbons (Fsp3) is 0.962. The van der Waals surface area contributed by atoms with Crippen molar-refractivity contribution in [1.29, 1.82) is 0 Å². The summed E-state index contributed by atoms with van der Waals surface area (Å²) in [5.41, 5.74) is 0. The Morgan fingerprint density at radius 2 is 0.568 bits per heavy atom. The molecule has 43 heteroatoms. The van der Waals surface area contributed by atoms with Crippen molar-refractivity contribution in [3.8, 4) is 0 Å². The van der Waals surface area contributed by atoms with E-state index in [9.17, 15) is 132 Å². The fourth-order valence-corrected chi connectivity index (χ4v) is 12.1. The third-order valence-electron chi connectivity index (χ3n) is 17.4. The number of ether oxygens (including phenoxy) is 15. The van der Waals surface area contributed by atoms with E-state index in [-0.39, 0.29) is 0 Å². The minimum Gasteiger partial charge on any atom is -0.394 e. The molecule has 1 unspecified atom stereocenters. The van der Waals surface area contributed by atoms with Crippen LogP contribution in [0.1, 0.15) is 13.8 Å². The topological polar surface area (TPSA) is 682 Å². The van der Waals surface area contributed by atoms with Crippen molar-refractivity contribution in [3.05, 3.63) is 0 Å². The molecule has 0 bridgehead atoms. The predicted octanol–water partition coefficient (Wildman–Crippen LogP) is -18.2. The lowest BCUT2D eigenvalue weighted by atomic mass is 9.94. The summed E-state index contributed by atoms with van der Waals surface area (Å²) < 4.78 is 86.6. The van der Waals surface area contributed by atoms with E-state index >= 15 is 0 Å². The van der Waals surface area contributed by atoms with E-state index in [2.05, 4.69) is 10.6 Å². The second kappa shape index (κ2) is 33.9. The van der Waals surface area contributed by atoms with Crippen LogP contribution in [0.2, 0.25) is 0 Å². The number of amides is 2. The number of hydrogen-bond donors (Lipinski definition) is 26. The van der Waals surface area contributed by atoms with Gasteiger partial charge in [-0.15, -0.1) is 0 Å². The molecule has 0 aromatic rings. The van der Waals surface area contributed by atoms with Crippen molar-refractivity contribution in [1.82, 2.24) is 10.6 Å². The van der Waals surface area contributed by atoms with Gasteiger partial charge in [0.1, 0.15) is 195 Å². The Kier molecular flexibility index (Phi) is 27.9. The highest BCUT2D eigenvalue weighted by Gasteiger charge is 2.59. The molecule has 0 spiro atoms. The summed E-state index contributed by atoms with van der Waals surface area (Å²) >= 11 is 0. The van der Waals surface area contributed by atoms with Gasteiger partial charge in [0.05, 0.1) is 52.9 Å². The van der Waals surface area contributed by atoms with E-state index in [4.69, 9.17) is 71.1 Å². The number of carbonyl (C=O) groups is 2. The molecule has 552 valence electrons. The molecule has 0 aromatic carbocycles. The first kappa shape index (κ1) is 78.1. The normalized spacial score (nSPS) is 50.8. The zero-order valence-electron chi connectivity index (χ0n) is 50.4. The highest BCUT2D eigenvalue weighted by Crippen LogP contribution is 2.38. The standard InChI is InChI=1S/C52H88N2O41/c1-11(61)53-21-29(69)40(17(7-59)83-45(21)80)92-51-39(79)43(94-52-44(34(74)26(66)16(6-58)87-52)95-46-22(54-12(2)62)30(70)41(18(8-60)88-46)91-49-36(76)32(72)24(64)14(4-56)85-49)28(68)20(90-51)10-82-48-38(78)42(93-50-37(77)33(73)25(65)15(5-57)86-50)27(67)19(89-48)9-81-47-35(75)31(71)23(63)13(3-55)84-47/h13-52,55-60,63-80H,3-10H2,1-2H3,(H,53,61)(H,54,62)/t13-,14-,15-,16-,17-,18-,19-,20-,21-,22-,23-,24+,25-,26-,27-,28-,29-,30-,31+,32+,33+,34+,35+,36-,37+,38+,39+,40-,41-,42+,43+,44+,45?,46+,47+,48+,49+,50-,51+,52-/m1/s1. The summed E-state index contributed by atoms with van der Waals surface area (Å²) in [5, 5.41) is 266. The van der Waals surface area contributed by atoms with E-state index in [1.165, 1.54) is 0 Å². The minimum absolute atomic E-state index is 0.828. The Balaban J connectivity index is 1.11. The van der Waals surface area contributed by atoms with Gasteiger partial charge < -0.3 is 204 Å². The smallest absolute Gasteiger partial charge is 0.217 e. The monoisotopic (exact) mass is 1400 g/mol. The summed E-state index contributed by atoms with van der Waals surface area (Å²) in [7, 11) is 0. The number of aliphatic hydroxyl groups excluding tert-OH is 24. The quantitative estimate of drug-likeness (QED) is 0.0427. The van der Waals surface area contributed by atoms with E-state index in [1.807, 2.05) is 0 Å². The Morgan fingerprint density at radius 1 is 0.274 bits per heavy atom. The van der Waals surface area contributed by atoms with Gasteiger partial charge in [0.15, 0.2) is 50.3 Å². The number of aliphatic hydroxyl groups is 24. The van der Waals surface area contributed by atoms with Gasteiger partial charge >= 0.3 is 0 Å². The molecule has 0 aliphatic carbocycles. The van der Waals surface area contributed by atoms with Gasteiger partial charge in [0, 0.05) is 13.8 Å². The Morgan fingerprint density at radius 3 is 1.01 bits per heavy atom. The molecule has 26 N–H and O–H groups in total.